The van der Waals surface area contributed by atoms with Gasteiger partial charge in [-0.3, -0.25) is 14.2 Å². The molecule has 3 aromatic rings. The maximum absolute atomic E-state index is 13.1. The Balaban J connectivity index is 1.72. The Kier molecular flexibility index (Phi) is 6.35. The van der Waals surface area contributed by atoms with Gasteiger partial charge in [0.2, 0.25) is 5.91 Å². The van der Waals surface area contributed by atoms with Gasteiger partial charge in [0.1, 0.15) is 17.8 Å². The summed E-state index contributed by atoms with van der Waals surface area (Å²) in [7, 11) is 1.58. The zero-order chi connectivity index (χ0) is 24.6. The van der Waals surface area contributed by atoms with Gasteiger partial charge in [0.15, 0.2) is 0 Å². The van der Waals surface area contributed by atoms with Crippen LogP contribution in [0, 0.1) is 0 Å². The molecule has 34 heavy (non-hydrogen) atoms. The summed E-state index contributed by atoms with van der Waals surface area (Å²) in [4.78, 5) is 35.0. The minimum atomic E-state index is -2.57. The molecular formula is C24H27F2N5O3. The number of alkyl halides is 2. The normalized spacial score (nSPS) is 16.6. The first kappa shape index (κ1) is 23.7. The van der Waals surface area contributed by atoms with Gasteiger partial charge in [-0.05, 0) is 37.5 Å². The summed E-state index contributed by atoms with van der Waals surface area (Å²) in [5, 5.41) is 15.1. The summed E-state index contributed by atoms with van der Waals surface area (Å²) in [6.07, 6.45) is -0.771. The summed E-state index contributed by atoms with van der Waals surface area (Å²) in [5.41, 5.74) is -0.569. The van der Waals surface area contributed by atoms with Crippen molar-refractivity contribution in [2.75, 3.05) is 18.4 Å². The Morgan fingerprint density at radius 1 is 1.18 bits per heavy atom. The number of nitrogens with zero attached hydrogens (tertiary/aromatic N) is 4. The predicted octanol–water partition coefficient (Wildman–Crippen LogP) is 3.27. The van der Waals surface area contributed by atoms with Crippen molar-refractivity contribution in [3.05, 3.63) is 63.7 Å². The number of piperidine rings is 1. The summed E-state index contributed by atoms with van der Waals surface area (Å²) in [6, 6.07) is 7.39. The van der Waals surface area contributed by atoms with Crippen LogP contribution < -0.4 is 10.9 Å². The Hall–Kier alpha value is -3.40. The van der Waals surface area contributed by atoms with Gasteiger partial charge in [0.25, 0.3) is 12.0 Å². The Morgan fingerprint density at radius 2 is 1.85 bits per heavy atom. The molecule has 0 bridgehead atoms. The molecule has 1 fully saturated rings. The molecule has 10 heteroatoms. The average Bonchev–Trinajstić information content (AvgIpc) is 2.81. The van der Waals surface area contributed by atoms with E-state index in [-0.39, 0.29) is 41.5 Å². The van der Waals surface area contributed by atoms with Crippen LogP contribution in [0.5, 0.6) is 0 Å². The molecular weight excluding hydrogens is 444 g/mol. The number of likely N-dealkylation sites (tertiary alicyclic amines) is 1. The summed E-state index contributed by atoms with van der Waals surface area (Å²) in [5.74, 6) is 0.347. The number of nitrogens with one attached hydrogen (secondary N) is 1. The van der Waals surface area contributed by atoms with Crippen LogP contribution in [0.15, 0.2) is 41.5 Å². The largest absolute Gasteiger partial charge is 0.385 e. The molecule has 0 spiro atoms. The fourth-order valence-electron chi connectivity index (χ4n) is 4.43. The van der Waals surface area contributed by atoms with Crippen molar-refractivity contribution in [2.24, 2.45) is 7.05 Å². The Labute approximate surface area is 195 Å². The number of hydrogen-bond donors (Lipinski definition) is 2. The highest BCUT2D eigenvalue weighted by Crippen LogP contribution is 2.34. The number of amides is 1. The smallest absolute Gasteiger partial charge is 0.263 e. The number of pyridine rings is 1. The van der Waals surface area contributed by atoms with Gasteiger partial charge in [-0.25, -0.2) is 18.7 Å². The quantitative estimate of drug-likeness (QED) is 0.593. The van der Waals surface area contributed by atoms with Crippen molar-refractivity contribution in [1.82, 2.24) is 19.4 Å². The van der Waals surface area contributed by atoms with E-state index < -0.39 is 12.0 Å². The van der Waals surface area contributed by atoms with Crippen molar-refractivity contribution < 1.29 is 18.7 Å². The van der Waals surface area contributed by atoms with Gasteiger partial charge in [-0.2, -0.15) is 0 Å². The topological polar surface area (TPSA) is 100 Å². The van der Waals surface area contributed by atoms with E-state index in [2.05, 4.69) is 15.3 Å². The standard InChI is InChI=1S/C24H27F2N5O3/c1-14(16-5-4-6-17(11-16)20(25)26)29-21-18-12-19(23(33)30(3)22(18)28-13-27-21)24(34)7-9-31(10-8-24)15(2)32/h4-6,11-14,20,34H,7-10H2,1-3H3,(H,27,28,29)/t14-/m1/s1. The lowest BCUT2D eigenvalue weighted by Gasteiger charge is -2.37. The Morgan fingerprint density at radius 3 is 2.50 bits per heavy atom. The van der Waals surface area contributed by atoms with Crippen LogP contribution in [0.2, 0.25) is 0 Å². The number of benzene rings is 1. The molecule has 8 nitrogen and oxygen atoms in total. The van der Waals surface area contributed by atoms with Crippen LogP contribution in [-0.2, 0) is 17.4 Å². The van der Waals surface area contributed by atoms with E-state index in [1.54, 1.807) is 30.1 Å². The van der Waals surface area contributed by atoms with Crippen LogP contribution in [0.4, 0.5) is 14.6 Å². The fourth-order valence-corrected chi connectivity index (χ4v) is 4.43. The lowest BCUT2D eigenvalue weighted by Crippen LogP contribution is -2.47. The van der Waals surface area contributed by atoms with Gasteiger partial charge in [0, 0.05) is 44.2 Å². The molecule has 0 saturated carbocycles. The van der Waals surface area contributed by atoms with Crippen LogP contribution >= 0.6 is 0 Å². The molecule has 2 N–H and O–H groups in total. The third-order valence-electron chi connectivity index (χ3n) is 6.56. The van der Waals surface area contributed by atoms with Crippen LogP contribution in [-0.4, -0.2) is 43.5 Å². The lowest BCUT2D eigenvalue weighted by molar-refractivity contribution is -0.133. The molecule has 3 heterocycles. The molecule has 1 atom stereocenters. The highest BCUT2D eigenvalue weighted by atomic mass is 19.3. The monoisotopic (exact) mass is 471 g/mol. The van der Waals surface area contributed by atoms with E-state index in [1.165, 1.54) is 30.0 Å². The van der Waals surface area contributed by atoms with Crippen molar-refractivity contribution in [1.29, 1.82) is 0 Å². The number of fused-ring (bicyclic) bond motifs is 1. The number of aryl methyl sites for hydroxylation is 1. The minimum Gasteiger partial charge on any atom is -0.385 e. The van der Waals surface area contributed by atoms with Gasteiger partial charge in [-0.15, -0.1) is 0 Å². The first-order chi connectivity index (χ1) is 16.1. The summed E-state index contributed by atoms with van der Waals surface area (Å²) >= 11 is 0. The first-order valence-corrected chi connectivity index (χ1v) is 11.1. The molecule has 1 amide bonds. The fraction of sp³-hybridized carbons (Fsp3) is 0.417. The number of aromatic nitrogens is 3. The third-order valence-corrected chi connectivity index (χ3v) is 6.56. The van der Waals surface area contributed by atoms with E-state index in [4.69, 9.17) is 0 Å². The second kappa shape index (κ2) is 9.09. The molecule has 0 radical (unpaired) electrons. The van der Waals surface area contributed by atoms with Crippen molar-refractivity contribution in [2.45, 2.75) is 44.8 Å². The SMILES string of the molecule is CC(=O)N1CCC(O)(c2cc3c(N[C@H](C)c4cccc(C(F)F)c4)ncnc3n(C)c2=O)CC1. The van der Waals surface area contributed by atoms with Crippen LogP contribution in [0.1, 0.15) is 55.8 Å². The maximum atomic E-state index is 13.1. The molecule has 1 aliphatic rings. The van der Waals surface area contributed by atoms with Crippen molar-refractivity contribution >= 4 is 22.8 Å². The molecule has 1 aromatic carbocycles. The van der Waals surface area contributed by atoms with Gasteiger partial charge in [-0.1, -0.05) is 18.2 Å². The highest BCUT2D eigenvalue weighted by Gasteiger charge is 2.37. The van der Waals surface area contributed by atoms with Crippen LogP contribution in [0.25, 0.3) is 11.0 Å². The Bertz CT molecular complexity index is 1290. The molecule has 180 valence electrons. The zero-order valence-electron chi connectivity index (χ0n) is 19.3. The van der Waals surface area contributed by atoms with E-state index in [1.807, 2.05) is 6.92 Å². The molecule has 1 aliphatic heterocycles. The molecule has 1 saturated heterocycles. The van der Waals surface area contributed by atoms with E-state index in [0.29, 0.717) is 35.5 Å². The number of carbonyl (C=O) groups is 1. The number of carbonyl (C=O) groups excluding carboxylic acids is 1. The van der Waals surface area contributed by atoms with Crippen LogP contribution in [0.3, 0.4) is 0 Å². The number of rotatable bonds is 5. The molecule has 4 rings (SSSR count). The average molecular weight is 472 g/mol. The number of hydrogen-bond acceptors (Lipinski definition) is 6. The minimum absolute atomic E-state index is 0.0671. The van der Waals surface area contributed by atoms with Gasteiger partial charge in [0.05, 0.1) is 11.0 Å². The molecule has 0 aliphatic carbocycles. The predicted molar refractivity (Wildman–Crippen MR) is 124 cm³/mol. The highest BCUT2D eigenvalue weighted by molar-refractivity contribution is 5.87. The summed E-state index contributed by atoms with van der Waals surface area (Å²) < 4.78 is 27.6. The molecule has 2 aromatic heterocycles. The molecule has 0 unspecified atom stereocenters. The number of aliphatic hydroxyl groups is 1. The number of halogens is 2. The number of anilines is 1. The van der Waals surface area contributed by atoms with Crippen molar-refractivity contribution in [3.63, 3.8) is 0 Å². The van der Waals surface area contributed by atoms with E-state index >= 15 is 0 Å². The second-order valence-electron chi connectivity index (χ2n) is 8.76. The van der Waals surface area contributed by atoms with Gasteiger partial charge >= 0.3 is 0 Å². The summed E-state index contributed by atoms with van der Waals surface area (Å²) in [6.45, 7) is 4.00. The maximum Gasteiger partial charge on any atom is 0.263 e. The first-order valence-electron chi connectivity index (χ1n) is 11.1. The van der Waals surface area contributed by atoms with Crippen molar-refractivity contribution in [3.8, 4) is 0 Å². The second-order valence-corrected chi connectivity index (χ2v) is 8.76. The third kappa shape index (κ3) is 4.37. The van der Waals surface area contributed by atoms with E-state index in [9.17, 15) is 23.5 Å². The van der Waals surface area contributed by atoms with Gasteiger partial charge < -0.3 is 15.3 Å². The lowest BCUT2D eigenvalue weighted by atomic mass is 9.84. The zero-order valence-corrected chi connectivity index (χ0v) is 19.3. The van der Waals surface area contributed by atoms with E-state index in [0.717, 1.165) is 0 Å².